The lowest BCUT2D eigenvalue weighted by atomic mass is 9.62. The van der Waals surface area contributed by atoms with Gasteiger partial charge in [0.2, 0.25) is 0 Å². The molecule has 0 aromatic heterocycles. The van der Waals surface area contributed by atoms with Crippen LogP contribution in [0.4, 0.5) is 11.4 Å². The monoisotopic (exact) mass is 472 g/mol. The fraction of sp³-hybridized carbons (Fsp3) is 0.310. The van der Waals surface area contributed by atoms with E-state index < -0.39 is 0 Å². The van der Waals surface area contributed by atoms with E-state index in [1.54, 1.807) is 0 Å². The lowest BCUT2D eigenvalue weighted by Gasteiger charge is -2.43. The van der Waals surface area contributed by atoms with E-state index >= 15 is 0 Å². The molecule has 1 heterocycles. The lowest BCUT2D eigenvalue weighted by molar-refractivity contribution is 0.0985. The Morgan fingerprint density at radius 1 is 0.882 bits per heavy atom. The molecule has 0 radical (unpaired) electrons. The summed E-state index contributed by atoms with van der Waals surface area (Å²) in [5.74, 6) is -0.157. The molecule has 34 heavy (non-hydrogen) atoms. The predicted molar refractivity (Wildman–Crippen MR) is 138 cm³/mol. The van der Waals surface area contributed by atoms with Gasteiger partial charge >= 0.3 is 0 Å². The normalized spacial score (nSPS) is 16.4. The molecular formula is C29H29ClN2O2. The van der Waals surface area contributed by atoms with Gasteiger partial charge in [0, 0.05) is 34.1 Å². The standard InChI is InChI=1S/C29H29ClN2O2/c1-19-7-3-4-8-23(19)27(33)31-22-10-11-24(20(2)17-22)28(34)32-16-6-15-29(13-5-14-29)25-18-21(30)9-12-26(25)32/h3-4,7-12,17-18H,5-6,13-16H2,1-2H3,(H,31,33). The van der Waals surface area contributed by atoms with Crippen molar-refractivity contribution in [2.24, 2.45) is 0 Å². The number of halogens is 1. The number of hydrogen-bond acceptors (Lipinski definition) is 2. The van der Waals surface area contributed by atoms with Crippen LogP contribution in [0.3, 0.4) is 0 Å². The molecular weight excluding hydrogens is 444 g/mol. The minimum atomic E-state index is -0.152. The summed E-state index contributed by atoms with van der Waals surface area (Å²) in [4.78, 5) is 28.4. The van der Waals surface area contributed by atoms with Crippen molar-refractivity contribution in [3.63, 3.8) is 0 Å². The number of carbonyl (C=O) groups is 2. The van der Waals surface area contributed by atoms with E-state index in [0.717, 1.165) is 47.5 Å². The van der Waals surface area contributed by atoms with E-state index in [9.17, 15) is 9.59 Å². The van der Waals surface area contributed by atoms with Gasteiger partial charge in [0.1, 0.15) is 0 Å². The van der Waals surface area contributed by atoms with Crippen molar-refractivity contribution in [3.05, 3.63) is 93.5 Å². The maximum atomic E-state index is 13.7. The molecule has 1 N–H and O–H groups in total. The Kier molecular flexibility index (Phi) is 5.95. The number of benzene rings is 3. The average Bonchev–Trinajstić information content (AvgIpc) is 2.96. The number of anilines is 2. The minimum absolute atomic E-state index is 0.00535. The van der Waals surface area contributed by atoms with Crippen molar-refractivity contribution in [2.75, 3.05) is 16.8 Å². The van der Waals surface area contributed by atoms with Crippen LogP contribution >= 0.6 is 11.6 Å². The Labute approximate surface area is 205 Å². The second-order valence-electron chi connectivity index (χ2n) is 9.65. The molecule has 0 bridgehead atoms. The van der Waals surface area contributed by atoms with Gasteiger partial charge < -0.3 is 10.2 Å². The topological polar surface area (TPSA) is 49.4 Å². The summed E-state index contributed by atoms with van der Waals surface area (Å²) in [5.41, 5.74) is 6.11. The van der Waals surface area contributed by atoms with Crippen LogP contribution in [0.15, 0.2) is 60.7 Å². The fourth-order valence-electron chi connectivity index (χ4n) is 5.49. The molecule has 0 saturated heterocycles. The Morgan fingerprint density at radius 3 is 2.35 bits per heavy atom. The molecule has 5 heteroatoms. The van der Waals surface area contributed by atoms with Crippen LogP contribution in [0.25, 0.3) is 0 Å². The Bertz CT molecular complexity index is 1280. The van der Waals surface area contributed by atoms with Gasteiger partial charge in [-0.1, -0.05) is 36.2 Å². The Hall–Kier alpha value is -3.11. The van der Waals surface area contributed by atoms with Gasteiger partial charge in [-0.2, -0.15) is 0 Å². The minimum Gasteiger partial charge on any atom is -0.322 e. The van der Waals surface area contributed by atoms with Gasteiger partial charge in [-0.15, -0.1) is 0 Å². The predicted octanol–water partition coefficient (Wildman–Crippen LogP) is 7.07. The maximum Gasteiger partial charge on any atom is 0.258 e. The highest BCUT2D eigenvalue weighted by molar-refractivity contribution is 6.30. The zero-order valence-corrected chi connectivity index (χ0v) is 20.4. The van der Waals surface area contributed by atoms with Gasteiger partial charge in [0.25, 0.3) is 11.8 Å². The van der Waals surface area contributed by atoms with Crippen molar-refractivity contribution in [3.8, 4) is 0 Å². The molecule has 1 saturated carbocycles. The fourth-order valence-corrected chi connectivity index (χ4v) is 5.66. The van der Waals surface area contributed by atoms with Crippen LogP contribution in [0.2, 0.25) is 5.02 Å². The summed E-state index contributed by atoms with van der Waals surface area (Å²) in [6.07, 6.45) is 5.62. The zero-order chi connectivity index (χ0) is 23.9. The third-order valence-corrected chi connectivity index (χ3v) is 7.75. The van der Waals surface area contributed by atoms with Gasteiger partial charge in [-0.3, -0.25) is 9.59 Å². The van der Waals surface area contributed by atoms with Crippen LogP contribution < -0.4 is 10.2 Å². The smallest absolute Gasteiger partial charge is 0.258 e. The number of nitrogens with zero attached hydrogens (tertiary/aromatic N) is 1. The molecule has 174 valence electrons. The first-order chi connectivity index (χ1) is 16.4. The third kappa shape index (κ3) is 4.01. The molecule has 1 fully saturated rings. The summed E-state index contributed by atoms with van der Waals surface area (Å²) in [5, 5.41) is 3.69. The number of fused-ring (bicyclic) bond motifs is 2. The summed E-state index contributed by atoms with van der Waals surface area (Å²) in [7, 11) is 0. The van der Waals surface area contributed by atoms with E-state index in [1.165, 1.54) is 12.0 Å². The summed E-state index contributed by atoms with van der Waals surface area (Å²) >= 11 is 6.38. The summed E-state index contributed by atoms with van der Waals surface area (Å²) in [6, 6.07) is 19.0. The second kappa shape index (κ2) is 8.92. The summed E-state index contributed by atoms with van der Waals surface area (Å²) in [6.45, 7) is 4.53. The van der Waals surface area contributed by atoms with Gasteiger partial charge in [-0.05, 0) is 104 Å². The van der Waals surface area contributed by atoms with Crippen molar-refractivity contribution < 1.29 is 9.59 Å². The van der Waals surface area contributed by atoms with E-state index in [2.05, 4.69) is 11.4 Å². The molecule has 0 unspecified atom stereocenters. The first-order valence-electron chi connectivity index (χ1n) is 12.0. The lowest BCUT2D eigenvalue weighted by Crippen LogP contribution is -2.35. The number of amides is 2. The molecule has 2 aliphatic rings. The van der Waals surface area contributed by atoms with Crippen LogP contribution in [0.1, 0.15) is 69.5 Å². The molecule has 1 spiro atoms. The first-order valence-corrected chi connectivity index (χ1v) is 12.4. The quantitative estimate of drug-likeness (QED) is 0.443. The van der Waals surface area contributed by atoms with Crippen molar-refractivity contribution in [2.45, 2.75) is 51.4 Å². The van der Waals surface area contributed by atoms with Crippen LogP contribution in [-0.2, 0) is 5.41 Å². The first kappa shape index (κ1) is 22.7. The zero-order valence-electron chi connectivity index (χ0n) is 19.7. The highest BCUT2D eigenvalue weighted by Gasteiger charge is 2.43. The third-order valence-electron chi connectivity index (χ3n) is 7.52. The van der Waals surface area contributed by atoms with Gasteiger partial charge in [0.15, 0.2) is 0 Å². The highest BCUT2D eigenvalue weighted by atomic mass is 35.5. The molecule has 1 aliphatic carbocycles. The molecule has 3 aromatic rings. The van der Waals surface area contributed by atoms with E-state index in [1.807, 2.05) is 73.3 Å². The highest BCUT2D eigenvalue weighted by Crippen LogP contribution is 2.52. The van der Waals surface area contributed by atoms with E-state index in [-0.39, 0.29) is 17.2 Å². The van der Waals surface area contributed by atoms with E-state index in [0.29, 0.717) is 23.4 Å². The number of aryl methyl sites for hydroxylation is 2. The van der Waals surface area contributed by atoms with Crippen LogP contribution in [-0.4, -0.2) is 18.4 Å². The number of rotatable bonds is 3. The average molecular weight is 473 g/mol. The van der Waals surface area contributed by atoms with Crippen molar-refractivity contribution in [1.29, 1.82) is 0 Å². The largest absolute Gasteiger partial charge is 0.322 e. The maximum absolute atomic E-state index is 13.7. The summed E-state index contributed by atoms with van der Waals surface area (Å²) < 4.78 is 0. The molecule has 1 aliphatic heterocycles. The molecule has 0 atom stereocenters. The second-order valence-corrected chi connectivity index (χ2v) is 10.1. The molecule has 2 amide bonds. The van der Waals surface area contributed by atoms with Crippen LogP contribution in [0, 0.1) is 13.8 Å². The van der Waals surface area contributed by atoms with Crippen molar-refractivity contribution in [1.82, 2.24) is 0 Å². The number of carbonyl (C=O) groups excluding carboxylic acids is 2. The molecule has 3 aromatic carbocycles. The Morgan fingerprint density at radius 2 is 1.65 bits per heavy atom. The number of nitrogens with one attached hydrogen (secondary N) is 1. The number of hydrogen-bond donors (Lipinski definition) is 1. The van der Waals surface area contributed by atoms with Crippen LogP contribution in [0.5, 0.6) is 0 Å². The molecule has 4 nitrogen and oxygen atoms in total. The SMILES string of the molecule is Cc1ccccc1C(=O)Nc1ccc(C(=O)N2CCCC3(CCC3)c3cc(Cl)ccc32)c(C)c1. The van der Waals surface area contributed by atoms with Crippen molar-refractivity contribution >= 4 is 34.8 Å². The van der Waals surface area contributed by atoms with E-state index in [4.69, 9.17) is 11.6 Å². The van der Waals surface area contributed by atoms with Gasteiger partial charge in [0.05, 0.1) is 0 Å². The van der Waals surface area contributed by atoms with Gasteiger partial charge in [-0.25, -0.2) is 0 Å². The molecule has 5 rings (SSSR count). The Balaban J connectivity index is 1.42.